The van der Waals surface area contributed by atoms with Gasteiger partial charge in [-0.3, -0.25) is 0 Å². The van der Waals surface area contributed by atoms with Gasteiger partial charge in [-0.05, 0) is 64.5 Å². The van der Waals surface area contributed by atoms with Gasteiger partial charge in [-0.1, -0.05) is 62.2 Å². The maximum absolute atomic E-state index is 6.30. The van der Waals surface area contributed by atoms with Crippen LogP contribution in [-0.2, 0) is 6.42 Å². The lowest BCUT2D eigenvalue weighted by atomic mass is 9.81. The molecule has 1 aliphatic heterocycles. The number of piperidine rings is 1. The molecule has 0 saturated carbocycles. The molecule has 0 aromatic heterocycles. The van der Waals surface area contributed by atoms with Crippen LogP contribution in [0.25, 0.3) is 0 Å². The number of alkyl halides is 2. The van der Waals surface area contributed by atoms with Crippen LogP contribution in [0.5, 0.6) is 11.5 Å². The Labute approximate surface area is 193 Å². The number of benzene rings is 2. The third-order valence-corrected chi connectivity index (χ3v) is 8.08. The van der Waals surface area contributed by atoms with E-state index in [2.05, 4.69) is 95.6 Å². The molecule has 0 radical (unpaired) electrons. The standard InChI is InChI=1S/C22H26Br3NO2/c1-27-21-11-15(9-18(24)12-23)10-20(25)22(21)28-14-17-13-26-8-7-19(17)16-5-3-2-4-6-16/h2-6,10-11,17-19,26H,7-9,12-14H2,1H3/t17-,18?,19-/m1/s1. The van der Waals surface area contributed by atoms with Crippen LogP contribution >= 0.6 is 47.8 Å². The Morgan fingerprint density at radius 3 is 2.71 bits per heavy atom. The second kappa shape index (κ2) is 11.0. The summed E-state index contributed by atoms with van der Waals surface area (Å²) in [7, 11) is 1.70. The van der Waals surface area contributed by atoms with Crippen molar-refractivity contribution in [3.05, 3.63) is 58.1 Å². The van der Waals surface area contributed by atoms with Crippen LogP contribution in [0.2, 0.25) is 0 Å². The highest BCUT2D eigenvalue weighted by molar-refractivity contribution is 9.12. The van der Waals surface area contributed by atoms with Crippen LogP contribution in [0.3, 0.4) is 0 Å². The highest BCUT2D eigenvalue weighted by atomic mass is 79.9. The fourth-order valence-corrected chi connectivity index (χ4v) is 4.98. The van der Waals surface area contributed by atoms with E-state index < -0.39 is 0 Å². The molecule has 2 aromatic carbocycles. The second-order valence-corrected chi connectivity index (χ2v) is 9.94. The van der Waals surface area contributed by atoms with Gasteiger partial charge in [0.2, 0.25) is 0 Å². The first kappa shape index (κ1) is 22.1. The van der Waals surface area contributed by atoms with Gasteiger partial charge in [-0.2, -0.15) is 0 Å². The molecule has 0 amide bonds. The van der Waals surface area contributed by atoms with E-state index in [1.54, 1.807) is 7.11 Å². The first-order chi connectivity index (χ1) is 13.6. The Morgan fingerprint density at radius 2 is 2.00 bits per heavy atom. The van der Waals surface area contributed by atoms with Crippen molar-refractivity contribution >= 4 is 47.8 Å². The summed E-state index contributed by atoms with van der Waals surface area (Å²) in [6, 6.07) is 15.0. The molecule has 6 heteroatoms. The topological polar surface area (TPSA) is 30.5 Å². The smallest absolute Gasteiger partial charge is 0.175 e. The molecule has 0 aliphatic carbocycles. The lowest BCUT2D eigenvalue weighted by Gasteiger charge is -2.32. The van der Waals surface area contributed by atoms with Gasteiger partial charge >= 0.3 is 0 Å². The van der Waals surface area contributed by atoms with Gasteiger partial charge in [0.15, 0.2) is 11.5 Å². The number of methoxy groups -OCH3 is 1. The summed E-state index contributed by atoms with van der Waals surface area (Å²) in [6.45, 7) is 2.68. The molecule has 1 heterocycles. The first-order valence-corrected chi connectivity index (χ1v) is 12.4. The van der Waals surface area contributed by atoms with Crippen LogP contribution in [0, 0.1) is 5.92 Å². The Hall–Kier alpha value is -0.560. The largest absolute Gasteiger partial charge is 0.493 e. The average molecular weight is 576 g/mol. The van der Waals surface area contributed by atoms with Crippen molar-refractivity contribution in [1.82, 2.24) is 5.32 Å². The minimum Gasteiger partial charge on any atom is -0.493 e. The van der Waals surface area contributed by atoms with Crippen LogP contribution < -0.4 is 14.8 Å². The molecule has 152 valence electrons. The van der Waals surface area contributed by atoms with Crippen molar-refractivity contribution in [3.8, 4) is 11.5 Å². The van der Waals surface area contributed by atoms with Crippen LogP contribution in [-0.4, -0.2) is 37.0 Å². The Balaban J connectivity index is 1.73. The fraction of sp³-hybridized carbons (Fsp3) is 0.455. The second-order valence-electron chi connectivity index (χ2n) is 7.15. The monoisotopic (exact) mass is 573 g/mol. The van der Waals surface area contributed by atoms with E-state index in [0.29, 0.717) is 23.3 Å². The Morgan fingerprint density at radius 1 is 1.21 bits per heavy atom. The molecule has 3 rings (SSSR count). The highest BCUT2D eigenvalue weighted by Crippen LogP contribution is 2.39. The number of rotatable bonds is 8. The third-order valence-electron chi connectivity index (χ3n) is 5.19. The minimum atomic E-state index is 0.385. The predicted octanol–water partition coefficient (Wildman–Crippen LogP) is 5.93. The summed E-state index contributed by atoms with van der Waals surface area (Å²) in [5.74, 6) is 2.50. The van der Waals surface area contributed by atoms with Gasteiger partial charge in [-0.15, -0.1) is 0 Å². The highest BCUT2D eigenvalue weighted by Gasteiger charge is 2.27. The summed E-state index contributed by atoms with van der Waals surface area (Å²) in [5.41, 5.74) is 2.61. The molecule has 3 atom stereocenters. The summed E-state index contributed by atoms with van der Waals surface area (Å²) in [4.78, 5) is 0.385. The van der Waals surface area contributed by atoms with E-state index >= 15 is 0 Å². The quantitative estimate of drug-likeness (QED) is 0.396. The van der Waals surface area contributed by atoms with Gasteiger partial charge in [-0.25, -0.2) is 0 Å². The third kappa shape index (κ3) is 5.74. The lowest BCUT2D eigenvalue weighted by molar-refractivity contribution is 0.190. The van der Waals surface area contributed by atoms with Crippen molar-refractivity contribution in [1.29, 1.82) is 0 Å². The molecule has 0 bridgehead atoms. The zero-order chi connectivity index (χ0) is 19.9. The molecule has 28 heavy (non-hydrogen) atoms. The van der Waals surface area contributed by atoms with E-state index in [-0.39, 0.29) is 0 Å². The molecule has 1 fully saturated rings. The molecular formula is C22H26Br3NO2. The molecule has 1 saturated heterocycles. The maximum Gasteiger partial charge on any atom is 0.175 e. The Kier molecular flexibility index (Phi) is 8.70. The van der Waals surface area contributed by atoms with E-state index in [1.165, 1.54) is 11.1 Å². The molecule has 1 aliphatic rings. The van der Waals surface area contributed by atoms with Crippen LogP contribution in [0.1, 0.15) is 23.5 Å². The van der Waals surface area contributed by atoms with E-state index in [4.69, 9.17) is 9.47 Å². The van der Waals surface area contributed by atoms with Gasteiger partial charge in [0.1, 0.15) is 0 Å². The zero-order valence-corrected chi connectivity index (χ0v) is 20.7. The number of hydrogen-bond donors (Lipinski definition) is 1. The number of halogens is 3. The number of hydrogen-bond acceptors (Lipinski definition) is 3. The maximum atomic E-state index is 6.30. The molecule has 1 unspecified atom stereocenters. The zero-order valence-electron chi connectivity index (χ0n) is 16.0. The molecule has 0 spiro atoms. The fourth-order valence-electron chi connectivity index (χ4n) is 3.77. The Bertz CT molecular complexity index is 757. The van der Waals surface area contributed by atoms with E-state index in [9.17, 15) is 0 Å². The van der Waals surface area contributed by atoms with Crippen molar-refractivity contribution in [2.45, 2.75) is 23.6 Å². The van der Waals surface area contributed by atoms with Crippen molar-refractivity contribution < 1.29 is 9.47 Å². The molecule has 3 nitrogen and oxygen atoms in total. The van der Waals surface area contributed by atoms with Crippen LogP contribution in [0.15, 0.2) is 46.9 Å². The van der Waals surface area contributed by atoms with E-state index in [1.807, 2.05) is 0 Å². The lowest BCUT2D eigenvalue weighted by Crippen LogP contribution is -2.38. The molecule has 1 N–H and O–H groups in total. The molecular weight excluding hydrogens is 550 g/mol. The van der Waals surface area contributed by atoms with E-state index in [0.717, 1.165) is 47.2 Å². The number of ether oxygens (including phenoxy) is 2. The summed E-state index contributed by atoms with van der Waals surface area (Å²) in [6.07, 6.45) is 2.05. The molecule has 2 aromatic rings. The van der Waals surface area contributed by atoms with Gasteiger partial charge < -0.3 is 14.8 Å². The SMILES string of the molecule is COc1cc(CC(Br)CBr)cc(Br)c1OC[C@H]1CNCC[C@@H]1c1ccccc1. The average Bonchev–Trinajstić information content (AvgIpc) is 2.73. The minimum absolute atomic E-state index is 0.385. The van der Waals surface area contributed by atoms with Crippen molar-refractivity contribution in [3.63, 3.8) is 0 Å². The summed E-state index contributed by atoms with van der Waals surface area (Å²) >= 11 is 10.9. The summed E-state index contributed by atoms with van der Waals surface area (Å²) in [5, 5.41) is 4.42. The van der Waals surface area contributed by atoms with Crippen molar-refractivity contribution in [2.24, 2.45) is 5.92 Å². The number of nitrogens with one attached hydrogen (secondary N) is 1. The normalized spacial score (nSPS) is 20.6. The van der Waals surface area contributed by atoms with Gasteiger partial charge in [0, 0.05) is 22.6 Å². The van der Waals surface area contributed by atoms with Crippen LogP contribution in [0.4, 0.5) is 0 Å². The predicted molar refractivity (Wildman–Crippen MR) is 127 cm³/mol. The van der Waals surface area contributed by atoms with Gasteiger partial charge in [0.05, 0.1) is 18.2 Å². The van der Waals surface area contributed by atoms with Gasteiger partial charge in [0.25, 0.3) is 0 Å². The van der Waals surface area contributed by atoms with Crippen molar-refractivity contribution in [2.75, 3.05) is 32.1 Å². The first-order valence-electron chi connectivity index (χ1n) is 9.57. The summed E-state index contributed by atoms with van der Waals surface area (Å²) < 4.78 is 12.9.